The molecule has 1 fully saturated rings. The van der Waals surface area contributed by atoms with E-state index in [1.54, 1.807) is 11.3 Å². The first-order valence-corrected chi connectivity index (χ1v) is 12.4. The lowest BCUT2D eigenvalue weighted by Gasteiger charge is -2.33. The highest BCUT2D eigenvalue weighted by atomic mass is 127. The van der Waals surface area contributed by atoms with Crippen molar-refractivity contribution in [1.82, 2.24) is 15.6 Å². The number of hydrogen-bond acceptors (Lipinski definition) is 5. The van der Waals surface area contributed by atoms with Crippen LogP contribution >= 0.6 is 46.7 Å². The van der Waals surface area contributed by atoms with Crippen LogP contribution in [0.15, 0.2) is 58.2 Å². The van der Waals surface area contributed by atoms with E-state index in [0.29, 0.717) is 6.04 Å². The van der Waals surface area contributed by atoms with Crippen molar-refractivity contribution in [3.05, 3.63) is 58.9 Å². The zero-order valence-corrected chi connectivity index (χ0v) is 21.8. The van der Waals surface area contributed by atoms with E-state index in [1.807, 2.05) is 17.4 Å². The maximum atomic E-state index is 4.80. The number of benzene rings is 1. The van der Waals surface area contributed by atoms with Gasteiger partial charge in [-0.1, -0.05) is 30.3 Å². The molecule has 166 valence electrons. The molecule has 1 saturated heterocycles. The molecule has 31 heavy (non-hydrogen) atoms. The highest BCUT2D eigenvalue weighted by Gasteiger charge is 2.20. The number of anilines is 1. The second-order valence-corrected chi connectivity index (χ2v) is 9.16. The summed E-state index contributed by atoms with van der Waals surface area (Å²) in [6, 6.07) is 15.2. The lowest BCUT2D eigenvalue weighted by Crippen LogP contribution is -2.48. The summed E-state index contributed by atoms with van der Waals surface area (Å²) in [5.41, 5.74) is 2.30. The molecule has 5 nitrogen and oxygen atoms in total. The number of aromatic nitrogens is 1. The zero-order chi connectivity index (χ0) is 20.6. The Kier molecular flexibility index (Phi) is 9.60. The fourth-order valence-electron chi connectivity index (χ4n) is 3.62. The van der Waals surface area contributed by atoms with E-state index in [2.05, 4.69) is 69.6 Å². The number of nitrogens with zero attached hydrogens (tertiary/aromatic N) is 3. The highest BCUT2D eigenvalue weighted by Crippen LogP contribution is 2.25. The zero-order valence-electron chi connectivity index (χ0n) is 17.8. The first-order valence-electron chi connectivity index (χ1n) is 10.6. The summed E-state index contributed by atoms with van der Waals surface area (Å²) in [6.07, 6.45) is 3.13. The van der Waals surface area contributed by atoms with Gasteiger partial charge in [0.05, 0.1) is 10.7 Å². The summed E-state index contributed by atoms with van der Waals surface area (Å²) in [7, 11) is 0. The maximum Gasteiger partial charge on any atom is 0.191 e. The molecule has 2 aromatic heterocycles. The Hall–Kier alpha value is -1.65. The highest BCUT2D eigenvalue weighted by molar-refractivity contribution is 14.0. The Morgan fingerprint density at radius 3 is 2.65 bits per heavy atom. The van der Waals surface area contributed by atoms with Crippen LogP contribution in [-0.2, 0) is 6.42 Å². The Labute approximate surface area is 210 Å². The number of hydrogen-bond donors (Lipinski definition) is 2. The van der Waals surface area contributed by atoms with E-state index in [-0.39, 0.29) is 24.0 Å². The number of rotatable bonds is 7. The van der Waals surface area contributed by atoms with Gasteiger partial charge in [-0.25, -0.2) is 4.98 Å². The lowest BCUT2D eigenvalue weighted by molar-refractivity contribution is 0.463. The fraction of sp³-hybridized carbons (Fsp3) is 0.391. The molecule has 0 amide bonds. The summed E-state index contributed by atoms with van der Waals surface area (Å²) in [5.74, 6) is 0.922. The molecule has 3 aromatic rings. The van der Waals surface area contributed by atoms with Gasteiger partial charge in [-0.2, -0.15) is 0 Å². The first-order chi connectivity index (χ1) is 14.8. The average molecular weight is 568 g/mol. The smallest absolute Gasteiger partial charge is 0.191 e. The van der Waals surface area contributed by atoms with Gasteiger partial charge in [-0.15, -0.1) is 46.7 Å². The van der Waals surface area contributed by atoms with Crippen LogP contribution in [-0.4, -0.2) is 43.2 Å². The third kappa shape index (κ3) is 6.92. The van der Waals surface area contributed by atoms with Crippen LogP contribution in [0.4, 0.5) is 5.00 Å². The summed E-state index contributed by atoms with van der Waals surface area (Å²) in [4.78, 5) is 12.1. The van der Waals surface area contributed by atoms with E-state index < -0.39 is 0 Å². The van der Waals surface area contributed by atoms with Gasteiger partial charge in [0.25, 0.3) is 0 Å². The van der Waals surface area contributed by atoms with Gasteiger partial charge in [-0.05, 0) is 37.3 Å². The van der Waals surface area contributed by atoms with Crippen LogP contribution < -0.4 is 15.5 Å². The van der Waals surface area contributed by atoms with Crippen LogP contribution in [0.25, 0.3) is 10.6 Å². The van der Waals surface area contributed by atoms with Crippen LogP contribution in [0.5, 0.6) is 0 Å². The van der Waals surface area contributed by atoms with Crippen LogP contribution in [0.1, 0.15) is 25.5 Å². The number of guanidine groups is 1. The first kappa shape index (κ1) is 24.0. The Balaban J connectivity index is 0.00000272. The number of aliphatic imine (C=N–C) groups is 1. The summed E-state index contributed by atoms with van der Waals surface area (Å²) < 4.78 is 0. The van der Waals surface area contributed by atoms with Gasteiger partial charge in [-0.3, -0.25) is 4.99 Å². The average Bonchev–Trinajstić information content (AvgIpc) is 3.48. The van der Waals surface area contributed by atoms with Crippen LogP contribution in [0.2, 0.25) is 0 Å². The second-order valence-electron chi connectivity index (χ2n) is 7.38. The van der Waals surface area contributed by atoms with Gasteiger partial charge in [0.15, 0.2) is 5.96 Å². The van der Waals surface area contributed by atoms with E-state index in [0.717, 1.165) is 62.1 Å². The number of thiophene rings is 1. The molecule has 2 N–H and O–H groups in total. The van der Waals surface area contributed by atoms with Crippen molar-refractivity contribution in [1.29, 1.82) is 0 Å². The molecule has 0 unspecified atom stereocenters. The molecule has 1 aliphatic rings. The molecule has 0 radical (unpaired) electrons. The topological polar surface area (TPSA) is 52.6 Å². The molecule has 0 atom stereocenters. The Morgan fingerprint density at radius 1 is 1.13 bits per heavy atom. The van der Waals surface area contributed by atoms with Gasteiger partial charge < -0.3 is 15.5 Å². The Morgan fingerprint density at radius 2 is 1.94 bits per heavy atom. The maximum absolute atomic E-state index is 4.80. The number of nitrogens with one attached hydrogen (secondary N) is 2. The molecule has 0 saturated carbocycles. The standard InChI is InChI=1S/C23H29N5S2.HI/c1-2-24-23(27-19-11-14-28(15-12-19)21-9-6-16-29-21)25-13-10-20-17-30-22(26-20)18-7-4-3-5-8-18;/h3-9,16-17,19H,2,10-15H2,1H3,(H2,24,25,27);1H. The van der Waals surface area contributed by atoms with Crippen molar-refractivity contribution in [3.63, 3.8) is 0 Å². The summed E-state index contributed by atoms with van der Waals surface area (Å²) in [6.45, 7) is 5.91. The molecule has 0 bridgehead atoms. The molecule has 3 heterocycles. The van der Waals surface area contributed by atoms with Crippen molar-refractivity contribution in [2.24, 2.45) is 4.99 Å². The second kappa shape index (κ2) is 12.4. The third-order valence-corrected chi connectivity index (χ3v) is 7.08. The summed E-state index contributed by atoms with van der Waals surface area (Å²) >= 11 is 3.53. The SMILES string of the molecule is CCNC(=NCCc1csc(-c2ccccc2)n1)NC1CCN(c2cccs2)CC1.I. The van der Waals surface area contributed by atoms with E-state index in [9.17, 15) is 0 Å². The lowest BCUT2D eigenvalue weighted by atomic mass is 10.1. The van der Waals surface area contributed by atoms with E-state index >= 15 is 0 Å². The van der Waals surface area contributed by atoms with Gasteiger partial charge >= 0.3 is 0 Å². The fourth-order valence-corrected chi connectivity index (χ4v) is 5.27. The predicted molar refractivity (Wildman–Crippen MR) is 145 cm³/mol. The minimum Gasteiger partial charge on any atom is -0.363 e. The number of thiazole rings is 1. The molecular formula is C23H30IN5S2. The van der Waals surface area contributed by atoms with Crippen molar-refractivity contribution in [2.75, 3.05) is 31.1 Å². The molecule has 0 aliphatic carbocycles. The minimum atomic E-state index is 0. The molecule has 1 aromatic carbocycles. The van der Waals surface area contributed by atoms with Crippen LogP contribution in [0.3, 0.4) is 0 Å². The molecule has 8 heteroatoms. The van der Waals surface area contributed by atoms with Crippen LogP contribution in [0, 0.1) is 0 Å². The number of halogens is 1. The molecule has 1 aliphatic heterocycles. The molecule has 4 rings (SSSR count). The number of piperidine rings is 1. The Bertz CT molecular complexity index is 919. The van der Waals surface area contributed by atoms with Crippen molar-refractivity contribution < 1.29 is 0 Å². The normalized spacial score (nSPS) is 14.9. The largest absolute Gasteiger partial charge is 0.363 e. The van der Waals surface area contributed by atoms with E-state index in [4.69, 9.17) is 9.98 Å². The van der Waals surface area contributed by atoms with Gasteiger partial charge in [0.2, 0.25) is 0 Å². The third-order valence-electron chi connectivity index (χ3n) is 5.21. The van der Waals surface area contributed by atoms with Crippen molar-refractivity contribution >= 4 is 57.6 Å². The summed E-state index contributed by atoms with van der Waals surface area (Å²) in [5, 5.41) is 13.8. The van der Waals surface area contributed by atoms with Crippen molar-refractivity contribution in [2.45, 2.75) is 32.2 Å². The molecule has 0 spiro atoms. The van der Waals surface area contributed by atoms with E-state index in [1.165, 1.54) is 10.6 Å². The quantitative estimate of drug-likeness (QED) is 0.233. The molecular weight excluding hydrogens is 537 g/mol. The van der Waals surface area contributed by atoms with Gasteiger partial charge in [0.1, 0.15) is 5.01 Å². The minimum absolute atomic E-state index is 0. The monoisotopic (exact) mass is 567 g/mol. The van der Waals surface area contributed by atoms with Gasteiger partial charge in [0, 0.05) is 49.6 Å². The predicted octanol–water partition coefficient (Wildman–Crippen LogP) is 5.26. The van der Waals surface area contributed by atoms with Crippen molar-refractivity contribution in [3.8, 4) is 10.6 Å².